The quantitative estimate of drug-likeness (QED) is 0.485. The van der Waals surface area contributed by atoms with Crippen LogP contribution >= 0.6 is 11.3 Å². The van der Waals surface area contributed by atoms with Gasteiger partial charge in [0.2, 0.25) is 0 Å². The molecule has 0 saturated carbocycles. The average molecular weight is 382 g/mol. The van der Waals surface area contributed by atoms with Gasteiger partial charge in [0.1, 0.15) is 11.4 Å². The van der Waals surface area contributed by atoms with Crippen LogP contribution in [-0.2, 0) is 0 Å². The second kappa shape index (κ2) is 8.91. The molecule has 0 aliphatic rings. The number of carbonyl (C=O) groups excluding carboxylic acids is 1. The fourth-order valence-electron chi connectivity index (χ4n) is 2.23. The standard InChI is InChI=1S/C19H18N4O3S/c1-2-9-26-14-7-5-13(6-8-14)12-20-23-18(24)16-11-15(21-19(25)22-16)17-4-3-10-27-17/h3-8,10-12H,2,9H2,1H3,(H,23,24)(H,21,22,25)/b20-12+. The van der Waals surface area contributed by atoms with Gasteiger partial charge >= 0.3 is 5.69 Å². The van der Waals surface area contributed by atoms with Crippen molar-refractivity contribution >= 4 is 23.5 Å². The monoisotopic (exact) mass is 382 g/mol. The van der Waals surface area contributed by atoms with E-state index < -0.39 is 11.6 Å². The summed E-state index contributed by atoms with van der Waals surface area (Å²) in [5.41, 5.74) is 3.15. The van der Waals surface area contributed by atoms with Crippen LogP contribution in [-0.4, -0.2) is 28.7 Å². The molecular formula is C19H18N4O3S. The number of amides is 1. The molecular weight excluding hydrogens is 364 g/mol. The SMILES string of the molecule is CCCOc1ccc(/C=N/NC(=O)c2cc(-c3cccs3)[nH]c(=O)n2)cc1. The molecule has 2 heterocycles. The van der Waals surface area contributed by atoms with Gasteiger partial charge in [0, 0.05) is 0 Å². The Balaban J connectivity index is 1.65. The number of H-pyrrole nitrogens is 1. The maximum Gasteiger partial charge on any atom is 0.346 e. The minimum absolute atomic E-state index is 0.00242. The van der Waals surface area contributed by atoms with Gasteiger partial charge in [-0.15, -0.1) is 11.3 Å². The molecule has 2 N–H and O–H groups in total. The lowest BCUT2D eigenvalue weighted by Gasteiger charge is -2.04. The molecule has 0 aliphatic heterocycles. The molecule has 3 rings (SSSR count). The minimum atomic E-state index is -0.585. The molecule has 2 aromatic heterocycles. The van der Waals surface area contributed by atoms with Crippen molar-refractivity contribution in [2.45, 2.75) is 13.3 Å². The van der Waals surface area contributed by atoms with Gasteiger partial charge in [-0.3, -0.25) is 4.79 Å². The molecule has 0 atom stereocenters. The molecule has 27 heavy (non-hydrogen) atoms. The van der Waals surface area contributed by atoms with Crippen molar-refractivity contribution in [1.29, 1.82) is 0 Å². The molecule has 0 radical (unpaired) electrons. The first-order chi connectivity index (χ1) is 13.2. The minimum Gasteiger partial charge on any atom is -0.494 e. The van der Waals surface area contributed by atoms with E-state index in [1.807, 2.05) is 48.7 Å². The molecule has 0 saturated heterocycles. The Kier molecular flexibility index (Phi) is 6.11. The van der Waals surface area contributed by atoms with Crippen LogP contribution in [0.1, 0.15) is 29.4 Å². The summed E-state index contributed by atoms with van der Waals surface area (Å²) in [7, 11) is 0. The Morgan fingerprint density at radius 3 is 2.85 bits per heavy atom. The van der Waals surface area contributed by atoms with Crippen molar-refractivity contribution in [3.05, 3.63) is 69.6 Å². The van der Waals surface area contributed by atoms with E-state index in [-0.39, 0.29) is 5.69 Å². The van der Waals surface area contributed by atoms with Gasteiger partial charge in [-0.1, -0.05) is 13.0 Å². The Bertz CT molecular complexity index is 979. The number of hydrogen-bond donors (Lipinski definition) is 2. The highest BCUT2D eigenvalue weighted by Gasteiger charge is 2.11. The molecule has 1 amide bonds. The summed E-state index contributed by atoms with van der Waals surface area (Å²) in [6, 6.07) is 12.6. The van der Waals surface area contributed by atoms with Crippen LogP contribution in [0.4, 0.5) is 0 Å². The maximum absolute atomic E-state index is 12.2. The number of aromatic amines is 1. The summed E-state index contributed by atoms with van der Waals surface area (Å²) in [5.74, 6) is 0.227. The highest BCUT2D eigenvalue weighted by Crippen LogP contribution is 2.21. The van der Waals surface area contributed by atoms with Crippen LogP contribution in [0.25, 0.3) is 10.6 Å². The second-order valence-corrected chi connectivity index (χ2v) is 6.53. The Morgan fingerprint density at radius 1 is 1.33 bits per heavy atom. The Labute approximate surface area is 159 Å². The molecule has 0 unspecified atom stereocenters. The third-order valence-corrected chi connectivity index (χ3v) is 4.40. The zero-order valence-corrected chi connectivity index (χ0v) is 15.5. The maximum atomic E-state index is 12.2. The lowest BCUT2D eigenvalue weighted by atomic mass is 10.2. The summed E-state index contributed by atoms with van der Waals surface area (Å²) >= 11 is 1.46. The molecule has 0 spiro atoms. The third kappa shape index (κ3) is 5.11. The van der Waals surface area contributed by atoms with E-state index in [9.17, 15) is 9.59 Å². The smallest absolute Gasteiger partial charge is 0.346 e. The number of thiophene rings is 1. The highest BCUT2D eigenvalue weighted by atomic mass is 32.1. The first-order valence-corrected chi connectivity index (χ1v) is 9.25. The molecule has 8 heteroatoms. The summed E-state index contributed by atoms with van der Waals surface area (Å²) < 4.78 is 5.51. The van der Waals surface area contributed by atoms with Gasteiger partial charge in [0.25, 0.3) is 5.91 Å². The van der Waals surface area contributed by atoms with E-state index in [4.69, 9.17) is 4.74 Å². The summed E-state index contributed by atoms with van der Waals surface area (Å²) in [5, 5.41) is 5.80. The number of hydrazone groups is 1. The number of aromatic nitrogens is 2. The van der Waals surface area contributed by atoms with Crippen molar-refractivity contribution in [2.24, 2.45) is 5.10 Å². The topological polar surface area (TPSA) is 96.4 Å². The van der Waals surface area contributed by atoms with Crippen LogP contribution in [0.3, 0.4) is 0 Å². The van der Waals surface area contributed by atoms with E-state index in [2.05, 4.69) is 20.5 Å². The number of benzene rings is 1. The first kappa shape index (κ1) is 18.5. The van der Waals surface area contributed by atoms with Crippen molar-refractivity contribution in [3.8, 4) is 16.3 Å². The van der Waals surface area contributed by atoms with Crippen molar-refractivity contribution in [2.75, 3.05) is 6.61 Å². The molecule has 1 aromatic carbocycles. The Morgan fingerprint density at radius 2 is 2.15 bits per heavy atom. The van der Waals surface area contributed by atoms with E-state index in [1.54, 1.807) is 0 Å². The molecule has 3 aromatic rings. The number of rotatable bonds is 7. The van der Waals surface area contributed by atoms with E-state index in [1.165, 1.54) is 23.6 Å². The van der Waals surface area contributed by atoms with Crippen LogP contribution in [0, 0.1) is 0 Å². The molecule has 138 valence electrons. The van der Waals surface area contributed by atoms with E-state index in [0.29, 0.717) is 12.3 Å². The van der Waals surface area contributed by atoms with Crippen LogP contribution in [0.2, 0.25) is 0 Å². The lowest BCUT2D eigenvalue weighted by Crippen LogP contribution is -2.24. The van der Waals surface area contributed by atoms with Crippen LogP contribution in [0.5, 0.6) is 5.75 Å². The van der Waals surface area contributed by atoms with Crippen molar-refractivity contribution in [1.82, 2.24) is 15.4 Å². The third-order valence-electron chi connectivity index (χ3n) is 3.50. The van der Waals surface area contributed by atoms with Crippen LogP contribution in [0.15, 0.2) is 57.7 Å². The van der Waals surface area contributed by atoms with Crippen molar-refractivity contribution in [3.63, 3.8) is 0 Å². The lowest BCUT2D eigenvalue weighted by molar-refractivity contribution is 0.0949. The summed E-state index contributed by atoms with van der Waals surface area (Å²) in [4.78, 5) is 31.1. The highest BCUT2D eigenvalue weighted by molar-refractivity contribution is 7.13. The molecule has 0 aliphatic carbocycles. The number of nitrogens with zero attached hydrogens (tertiary/aromatic N) is 2. The summed E-state index contributed by atoms with van der Waals surface area (Å²) in [6.07, 6.45) is 2.45. The number of carbonyl (C=O) groups is 1. The van der Waals surface area contributed by atoms with Crippen LogP contribution < -0.4 is 15.9 Å². The zero-order valence-electron chi connectivity index (χ0n) is 14.6. The van der Waals surface area contributed by atoms with Gasteiger partial charge in [-0.25, -0.2) is 10.2 Å². The average Bonchev–Trinajstić information content (AvgIpc) is 3.21. The molecule has 7 nitrogen and oxygen atoms in total. The fraction of sp³-hybridized carbons (Fsp3) is 0.158. The summed E-state index contributed by atoms with van der Waals surface area (Å²) in [6.45, 7) is 2.71. The van der Waals surface area contributed by atoms with Crippen molar-refractivity contribution < 1.29 is 9.53 Å². The zero-order chi connectivity index (χ0) is 19.1. The second-order valence-electron chi connectivity index (χ2n) is 5.58. The first-order valence-electron chi connectivity index (χ1n) is 8.37. The van der Waals surface area contributed by atoms with E-state index >= 15 is 0 Å². The largest absolute Gasteiger partial charge is 0.494 e. The fourth-order valence-corrected chi connectivity index (χ4v) is 2.93. The molecule has 0 fully saturated rings. The molecule has 0 bridgehead atoms. The van der Waals surface area contributed by atoms with E-state index in [0.717, 1.165) is 22.6 Å². The van der Waals surface area contributed by atoms with Gasteiger partial charge in [-0.2, -0.15) is 10.1 Å². The predicted octanol–water partition coefficient (Wildman–Crippen LogP) is 3.05. The number of nitrogens with one attached hydrogen (secondary N) is 2. The number of hydrogen-bond acceptors (Lipinski definition) is 6. The van der Waals surface area contributed by atoms with Gasteiger partial charge < -0.3 is 9.72 Å². The van der Waals surface area contributed by atoms with Gasteiger partial charge in [0.15, 0.2) is 0 Å². The normalized spacial score (nSPS) is 10.9. The van der Waals surface area contributed by atoms with Gasteiger partial charge in [-0.05, 0) is 53.8 Å². The Hall–Kier alpha value is -3.26. The predicted molar refractivity (Wildman–Crippen MR) is 105 cm³/mol. The van der Waals surface area contributed by atoms with Gasteiger partial charge in [0.05, 0.1) is 23.4 Å². The number of ether oxygens (including phenoxy) is 1.